The molecule has 0 spiro atoms. The van der Waals surface area contributed by atoms with Gasteiger partial charge in [0.2, 0.25) is 11.7 Å². The Bertz CT molecular complexity index is 1110. The lowest BCUT2D eigenvalue weighted by Crippen LogP contribution is -2.40. The van der Waals surface area contributed by atoms with Gasteiger partial charge in [0.1, 0.15) is 5.75 Å². The van der Waals surface area contributed by atoms with Gasteiger partial charge in [0.25, 0.3) is 5.91 Å². The van der Waals surface area contributed by atoms with Crippen LogP contribution < -0.4 is 4.74 Å². The van der Waals surface area contributed by atoms with Crippen LogP contribution in [-0.2, 0) is 6.42 Å². The third-order valence-corrected chi connectivity index (χ3v) is 4.68. The molecule has 136 valence electrons. The molecule has 27 heavy (non-hydrogen) atoms. The van der Waals surface area contributed by atoms with E-state index < -0.39 is 6.04 Å². The number of nitrogens with zero attached hydrogens (tertiary/aromatic N) is 4. The quantitative estimate of drug-likeness (QED) is 0.593. The number of aromatic amines is 1. The summed E-state index contributed by atoms with van der Waals surface area (Å²) in [5, 5.41) is 0. The first-order valence-corrected chi connectivity index (χ1v) is 8.41. The van der Waals surface area contributed by atoms with Crippen LogP contribution in [0.2, 0.25) is 0 Å². The van der Waals surface area contributed by atoms with Gasteiger partial charge in [0.15, 0.2) is 23.5 Å². The van der Waals surface area contributed by atoms with Crippen molar-refractivity contribution in [2.45, 2.75) is 12.5 Å². The largest absolute Gasteiger partial charge is 0.494 e. The molecule has 0 radical (unpaired) electrons. The first-order valence-electron chi connectivity index (χ1n) is 8.41. The number of oxazole rings is 2. The van der Waals surface area contributed by atoms with E-state index in [9.17, 15) is 4.79 Å². The highest BCUT2D eigenvalue weighted by Gasteiger charge is 2.38. The van der Waals surface area contributed by atoms with E-state index in [2.05, 4.69) is 19.9 Å². The van der Waals surface area contributed by atoms with Crippen LogP contribution in [0.1, 0.15) is 33.9 Å². The molecule has 3 aromatic heterocycles. The summed E-state index contributed by atoms with van der Waals surface area (Å²) >= 11 is 0. The number of methoxy groups -OCH3 is 1. The van der Waals surface area contributed by atoms with Crippen molar-refractivity contribution in [3.63, 3.8) is 0 Å². The van der Waals surface area contributed by atoms with E-state index in [-0.39, 0.29) is 11.7 Å². The zero-order chi connectivity index (χ0) is 18.4. The second-order valence-corrected chi connectivity index (χ2v) is 6.14. The lowest BCUT2D eigenvalue weighted by Gasteiger charge is -2.32. The highest BCUT2D eigenvalue weighted by atomic mass is 16.5. The molecule has 0 bridgehead atoms. The summed E-state index contributed by atoms with van der Waals surface area (Å²) < 4.78 is 16.6. The maximum absolute atomic E-state index is 13.0. The van der Waals surface area contributed by atoms with Crippen LogP contribution in [0.3, 0.4) is 0 Å². The number of amides is 1. The molecule has 0 unspecified atom stereocenters. The number of rotatable bonds is 3. The summed E-state index contributed by atoms with van der Waals surface area (Å²) in [6.45, 7) is 0.468. The SMILES string of the molecule is COc1cccc2oc([C@@H]3c4nc[nH]c4CCN3C(=O)c3cnco3)nc12. The smallest absolute Gasteiger partial charge is 0.292 e. The summed E-state index contributed by atoms with van der Waals surface area (Å²) in [6, 6.07) is 4.88. The zero-order valence-electron chi connectivity index (χ0n) is 14.4. The van der Waals surface area contributed by atoms with E-state index >= 15 is 0 Å². The minimum absolute atomic E-state index is 0.160. The molecule has 9 nitrogen and oxygen atoms in total. The zero-order valence-corrected chi connectivity index (χ0v) is 14.4. The normalized spacial score (nSPS) is 16.5. The monoisotopic (exact) mass is 365 g/mol. The Labute approximate surface area is 153 Å². The van der Waals surface area contributed by atoms with Gasteiger partial charge >= 0.3 is 0 Å². The molecule has 4 heterocycles. The molecule has 1 aliphatic rings. The van der Waals surface area contributed by atoms with E-state index in [4.69, 9.17) is 13.6 Å². The van der Waals surface area contributed by atoms with Gasteiger partial charge in [-0.05, 0) is 12.1 Å². The Hall–Kier alpha value is -3.62. The molecule has 1 aliphatic heterocycles. The summed E-state index contributed by atoms with van der Waals surface area (Å²) in [4.78, 5) is 30.6. The Morgan fingerprint density at radius 3 is 3.15 bits per heavy atom. The van der Waals surface area contributed by atoms with Crippen molar-refractivity contribution in [2.75, 3.05) is 13.7 Å². The second-order valence-electron chi connectivity index (χ2n) is 6.14. The minimum Gasteiger partial charge on any atom is -0.494 e. The van der Waals surface area contributed by atoms with E-state index in [0.717, 1.165) is 5.69 Å². The van der Waals surface area contributed by atoms with Gasteiger partial charge in [0, 0.05) is 18.7 Å². The average molecular weight is 365 g/mol. The van der Waals surface area contributed by atoms with Crippen molar-refractivity contribution in [1.82, 2.24) is 24.8 Å². The fraction of sp³-hybridized carbons (Fsp3) is 0.222. The van der Waals surface area contributed by atoms with Gasteiger partial charge in [-0.1, -0.05) is 6.07 Å². The van der Waals surface area contributed by atoms with Crippen LogP contribution in [0.5, 0.6) is 5.75 Å². The lowest BCUT2D eigenvalue weighted by atomic mass is 10.0. The van der Waals surface area contributed by atoms with Crippen molar-refractivity contribution in [3.8, 4) is 5.75 Å². The van der Waals surface area contributed by atoms with E-state index in [1.165, 1.54) is 12.6 Å². The maximum atomic E-state index is 13.0. The molecule has 4 aromatic rings. The first kappa shape index (κ1) is 15.6. The number of aromatic nitrogens is 4. The van der Waals surface area contributed by atoms with Gasteiger partial charge in [-0.2, -0.15) is 0 Å². The van der Waals surface area contributed by atoms with Crippen molar-refractivity contribution in [3.05, 3.63) is 60.2 Å². The van der Waals surface area contributed by atoms with E-state index in [0.29, 0.717) is 41.4 Å². The molecule has 0 fully saturated rings. The van der Waals surface area contributed by atoms with Crippen molar-refractivity contribution in [2.24, 2.45) is 0 Å². The van der Waals surface area contributed by atoms with Crippen LogP contribution in [0.15, 0.2) is 46.0 Å². The number of carbonyl (C=O) groups is 1. The van der Waals surface area contributed by atoms with Crippen LogP contribution in [0.25, 0.3) is 11.1 Å². The molecule has 1 N–H and O–H groups in total. The number of hydrogen-bond donors (Lipinski definition) is 1. The van der Waals surface area contributed by atoms with Gasteiger partial charge in [0.05, 0.1) is 25.3 Å². The van der Waals surface area contributed by atoms with Crippen LogP contribution in [-0.4, -0.2) is 44.4 Å². The summed E-state index contributed by atoms with van der Waals surface area (Å²) in [7, 11) is 1.58. The fourth-order valence-electron chi connectivity index (χ4n) is 3.43. The van der Waals surface area contributed by atoms with Gasteiger partial charge < -0.3 is 23.5 Å². The maximum Gasteiger partial charge on any atom is 0.292 e. The molecule has 5 rings (SSSR count). The Kier molecular flexibility index (Phi) is 3.46. The molecule has 0 aliphatic carbocycles. The molecule has 0 saturated carbocycles. The lowest BCUT2D eigenvalue weighted by molar-refractivity contribution is 0.0635. The second kappa shape index (κ2) is 5.97. The van der Waals surface area contributed by atoms with E-state index in [1.807, 2.05) is 18.2 Å². The number of nitrogens with one attached hydrogen (secondary N) is 1. The molecule has 9 heteroatoms. The topological polar surface area (TPSA) is 110 Å². The Morgan fingerprint density at radius 1 is 1.41 bits per heavy atom. The van der Waals surface area contributed by atoms with Crippen LogP contribution in [0.4, 0.5) is 0 Å². The number of carbonyl (C=O) groups excluding carboxylic acids is 1. The number of fused-ring (bicyclic) bond motifs is 2. The predicted octanol–water partition coefficient (Wildman–Crippen LogP) is 2.34. The number of H-pyrrole nitrogens is 1. The third-order valence-electron chi connectivity index (χ3n) is 4.68. The van der Waals surface area contributed by atoms with Gasteiger partial charge in [-0.25, -0.2) is 15.0 Å². The minimum atomic E-state index is -0.574. The highest BCUT2D eigenvalue weighted by molar-refractivity contribution is 5.92. The summed E-state index contributed by atoms with van der Waals surface area (Å²) in [5.74, 6) is 0.845. The van der Waals surface area contributed by atoms with Gasteiger partial charge in [-0.3, -0.25) is 4.79 Å². The Balaban J connectivity index is 1.65. The number of benzene rings is 1. The Morgan fingerprint density at radius 2 is 2.33 bits per heavy atom. The first-order chi connectivity index (χ1) is 13.3. The molecular weight excluding hydrogens is 350 g/mol. The third kappa shape index (κ3) is 2.39. The number of ether oxygens (including phenoxy) is 1. The van der Waals surface area contributed by atoms with E-state index in [1.54, 1.807) is 18.3 Å². The van der Waals surface area contributed by atoms with Crippen molar-refractivity contribution < 1.29 is 18.4 Å². The molecule has 1 aromatic carbocycles. The van der Waals surface area contributed by atoms with Crippen molar-refractivity contribution >= 4 is 17.0 Å². The molecular formula is C18H15N5O4. The van der Waals surface area contributed by atoms with Crippen molar-refractivity contribution in [1.29, 1.82) is 0 Å². The summed E-state index contributed by atoms with van der Waals surface area (Å²) in [5.41, 5.74) is 2.85. The number of hydrogen-bond acceptors (Lipinski definition) is 7. The standard InChI is InChI=1S/C18H15N5O4/c1-25-11-3-2-4-12-15(11)22-17(27-12)16-14-10(20-8-21-14)5-6-23(16)18(24)13-7-19-9-26-13/h2-4,7-9,16H,5-6H2,1H3,(H,20,21)/t16-/m0/s1. The fourth-order valence-corrected chi connectivity index (χ4v) is 3.43. The molecule has 0 saturated heterocycles. The molecule has 1 amide bonds. The summed E-state index contributed by atoms with van der Waals surface area (Å²) in [6.07, 6.45) is 4.89. The van der Waals surface area contributed by atoms with Gasteiger partial charge in [-0.15, -0.1) is 0 Å². The number of imidazole rings is 1. The number of para-hydroxylation sites is 1. The van der Waals surface area contributed by atoms with Crippen LogP contribution >= 0.6 is 0 Å². The average Bonchev–Trinajstić information content (AvgIpc) is 3.45. The molecule has 1 atom stereocenters. The van der Waals surface area contributed by atoms with Crippen LogP contribution in [0, 0.1) is 0 Å². The predicted molar refractivity (Wildman–Crippen MR) is 92.2 cm³/mol. The highest BCUT2D eigenvalue weighted by Crippen LogP contribution is 2.36.